The van der Waals surface area contributed by atoms with E-state index in [0.717, 1.165) is 68.8 Å². The zero-order chi connectivity index (χ0) is 30.8. The van der Waals surface area contributed by atoms with E-state index >= 15 is 0 Å². The van der Waals surface area contributed by atoms with E-state index in [-0.39, 0.29) is 1.43 Å². The topological polar surface area (TPSA) is 36.4 Å². The SMILES string of the molecule is C=CCCC(c1cc2c(c(N3CCC=CC[C@@H]3C)n1)=CC=C(c1ccc(O)c(CC)c1)CC=2)[C@@H](C)CC.CC1CCCC1.[HH]. The molecule has 3 atom stereocenters. The number of aromatic hydroxyl groups is 1. The number of benzene rings is 1. The van der Waals surface area contributed by atoms with Gasteiger partial charge in [0.15, 0.2) is 0 Å². The first-order chi connectivity index (χ1) is 20.9. The predicted molar refractivity (Wildman–Crippen MR) is 189 cm³/mol. The molecule has 43 heavy (non-hydrogen) atoms. The molecule has 1 N–H and O–H groups in total. The molecular weight excluding hydrogens is 524 g/mol. The molecule has 234 valence electrons. The second kappa shape index (κ2) is 16.1. The number of phenolic OH excluding ortho intramolecular Hbond substituents is 1. The van der Waals surface area contributed by atoms with Crippen molar-refractivity contribution in [3.63, 3.8) is 0 Å². The Bertz CT molecular complexity index is 1400. The van der Waals surface area contributed by atoms with Crippen molar-refractivity contribution >= 4 is 23.5 Å². The van der Waals surface area contributed by atoms with Gasteiger partial charge in [0.25, 0.3) is 0 Å². The number of nitrogens with zero attached hydrogens (tertiary/aromatic N) is 2. The molecule has 1 aromatic carbocycles. The molecular formula is C40H58N2O. The van der Waals surface area contributed by atoms with Crippen molar-refractivity contribution in [1.29, 1.82) is 0 Å². The zero-order valence-electron chi connectivity index (χ0n) is 27.6. The lowest BCUT2D eigenvalue weighted by Crippen LogP contribution is -2.41. The normalized spacial score (nSPS) is 19.9. The highest BCUT2D eigenvalue weighted by Gasteiger charge is 2.24. The van der Waals surface area contributed by atoms with E-state index in [9.17, 15) is 5.11 Å². The van der Waals surface area contributed by atoms with Crippen molar-refractivity contribution in [2.45, 2.75) is 117 Å². The minimum Gasteiger partial charge on any atom is -0.508 e. The summed E-state index contributed by atoms with van der Waals surface area (Å²) in [6.45, 7) is 16.4. The number of phenols is 1. The van der Waals surface area contributed by atoms with E-state index in [1.807, 2.05) is 18.2 Å². The van der Waals surface area contributed by atoms with Crippen LogP contribution >= 0.6 is 0 Å². The third kappa shape index (κ3) is 8.52. The van der Waals surface area contributed by atoms with E-state index in [0.29, 0.717) is 23.6 Å². The van der Waals surface area contributed by atoms with Gasteiger partial charge in [-0.25, -0.2) is 4.98 Å². The average molecular weight is 583 g/mol. The summed E-state index contributed by atoms with van der Waals surface area (Å²) in [4.78, 5) is 7.98. The second-order valence-electron chi connectivity index (χ2n) is 13.1. The maximum Gasteiger partial charge on any atom is 0.137 e. The van der Waals surface area contributed by atoms with Crippen molar-refractivity contribution < 1.29 is 6.53 Å². The molecule has 0 spiro atoms. The Hall–Kier alpha value is -3.07. The van der Waals surface area contributed by atoms with E-state index in [1.54, 1.807) is 0 Å². The van der Waals surface area contributed by atoms with Crippen LogP contribution in [0.15, 0.2) is 55.1 Å². The van der Waals surface area contributed by atoms with Gasteiger partial charge in [-0.3, -0.25) is 0 Å². The Morgan fingerprint density at radius 2 is 1.91 bits per heavy atom. The van der Waals surface area contributed by atoms with Gasteiger partial charge in [-0.05, 0) is 97.4 Å². The minimum absolute atomic E-state index is 0. The summed E-state index contributed by atoms with van der Waals surface area (Å²) < 4.78 is 0. The van der Waals surface area contributed by atoms with Crippen LogP contribution in [0.2, 0.25) is 0 Å². The van der Waals surface area contributed by atoms with Gasteiger partial charge in [-0.2, -0.15) is 0 Å². The molecule has 1 saturated carbocycles. The first kappa shape index (κ1) is 32.8. The van der Waals surface area contributed by atoms with Crippen molar-refractivity contribution in [2.24, 2.45) is 11.8 Å². The van der Waals surface area contributed by atoms with Crippen molar-refractivity contribution in [3.8, 4) is 5.75 Å². The van der Waals surface area contributed by atoms with Crippen molar-refractivity contribution in [3.05, 3.63) is 82.4 Å². The number of pyridine rings is 1. The summed E-state index contributed by atoms with van der Waals surface area (Å²) in [7, 11) is 0. The molecule has 0 amide bonds. The third-order valence-electron chi connectivity index (χ3n) is 9.94. The van der Waals surface area contributed by atoms with Crippen LogP contribution in [0.4, 0.5) is 5.82 Å². The molecule has 0 saturated heterocycles. The number of fused-ring (bicyclic) bond motifs is 1. The lowest BCUT2D eigenvalue weighted by atomic mass is 9.84. The summed E-state index contributed by atoms with van der Waals surface area (Å²) in [5.74, 6) is 3.54. The molecule has 1 fully saturated rings. The minimum atomic E-state index is 0. The summed E-state index contributed by atoms with van der Waals surface area (Å²) in [5.41, 5.74) is 4.67. The van der Waals surface area contributed by atoms with Crippen molar-refractivity contribution in [2.75, 3.05) is 11.4 Å². The van der Waals surface area contributed by atoms with Crippen LogP contribution in [-0.4, -0.2) is 22.7 Å². The van der Waals surface area contributed by atoms with Gasteiger partial charge in [0.2, 0.25) is 0 Å². The lowest BCUT2D eigenvalue weighted by Gasteiger charge is -2.31. The van der Waals surface area contributed by atoms with Gasteiger partial charge in [0.1, 0.15) is 11.6 Å². The fraction of sp³-hybridized carbons (Fsp3) is 0.525. The molecule has 3 aliphatic rings. The Labute approximate surface area is 263 Å². The smallest absolute Gasteiger partial charge is 0.137 e. The molecule has 2 heterocycles. The number of hydrogen-bond acceptors (Lipinski definition) is 3. The fourth-order valence-electron chi connectivity index (χ4n) is 6.81. The van der Waals surface area contributed by atoms with Gasteiger partial charge in [-0.15, -0.1) is 6.58 Å². The van der Waals surface area contributed by atoms with Crippen LogP contribution in [0.1, 0.15) is 123 Å². The third-order valence-corrected chi connectivity index (χ3v) is 9.94. The zero-order valence-corrected chi connectivity index (χ0v) is 27.6. The summed E-state index contributed by atoms with van der Waals surface area (Å²) in [6, 6.07) is 8.78. The number of anilines is 1. The van der Waals surface area contributed by atoms with Crippen molar-refractivity contribution in [1.82, 2.24) is 4.98 Å². The van der Waals surface area contributed by atoms with Crippen LogP contribution in [-0.2, 0) is 6.42 Å². The highest BCUT2D eigenvalue weighted by molar-refractivity contribution is 5.77. The summed E-state index contributed by atoms with van der Waals surface area (Å²) in [5, 5.41) is 12.7. The summed E-state index contributed by atoms with van der Waals surface area (Å²) >= 11 is 0. The molecule has 2 aliphatic carbocycles. The standard InChI is InChI=1S/C34H44N2O.C6H12.H2/c1-6-9-14-30(24(4)7-2)32-23-29-16-15-27(28-18-20-33(37)26(8-3)22-28)17-19-31(29)34(35-32)36-21-12-10-11-13-25(36)5;1-6-4-2-3-5-6;/h6,10-11,16-20,22-25,30,37H,1,7-9,12-15,21H2,2-5H3;6H,2-5H2,1H3;1H/t24-,25-,30?;;/m0../s1. The number of aromatic nitrogens is 1. The molecule has 5 rings (SSSR count). The average Bonchev–Trinajstić information content (AvgIpc) is 3.26. The van der Waals surface area contributed by atoms with Gasteiger partial charge >= 0.3 is 0 Å². The Morgan fingerprint density at radius 3 is 2.58 bits per heavy atom. The fourth-order valence-corrected chi connectivity index (χ4v) is 6.81. The predicted octanol–water partition coefficient (Wildman–Crippen LogP) is 9.48. The van der Waals surface area contributed by atoms with Gasteiger partial charge in [-0.1, -0.05) is 102 Å². The molecule has 2 aromatic rings. The van der Waals surface area contributed by atoms with Gasteiger partial charge < -0.3 is 10.0 Å². The molecule has 0 radical (unpaired) electrons. The number of aryl methyl sites for hydroxylation is 1. The van der Waals surface area contributed by atoms with Gasteiger partial charge in [0, 0.05) is 30.8 Å². The number of allylic oxidation sites excluding steroid dienone is 3. The van der Waals surface area contributed by atoms with E-state index in [2.05, 4.69) is 88.6 Å². The number of hydrogen-bond donors (Lipinski definition) is 1. The first-order valence-corrected chi connectivity index (χ1v) is 17.1. The molecule has 3 heteroatoms. The van der Waals surface area contributed by atoms with E-state index in [1.165, 1.54) is 53.0 Å². The van der Waals surface area contributed by atoms with Crippen LogP contribution in [0.5, 0.6) is 5.75 Å². The molecule has 1 aliphatic heterocycles. The van der Waals surface area contributed by atoms with Crippen LogP contribution in [0, 0.1) is 11.8 Å². The highest BCUT2D eigenvalue weighted by Crippen LogP contribution is 2.32. The first-order valence-electron chi connectivity index (χ1n) is 17.1. The van der Waals surface area contributed by atoms with E-state index < -0.39 is 0 Å². The maximum atomic E-state index is 10.2. The van der Waals surface area contributed by atoms with Crippen LogP contribution in [0.25, 0.3) is 17.7 Å². The monoisotopic (exact) mass is 582 g/mol. The Kier molecular flexibility index (Phi) is 12.3. The highest BCUT2D eigenvalue weighted by atomic mass is 16.3. The number of rotatable bonds is 9. The maximum absolute atomic E-state index is 10.2. The van der Waals surface area contributed by atoms with Gasteiger partial charge in [0.05, 0.1) is 0 Å². The largest absolute Gasteiger partial charge is 0.508 e. The Balaban J connectivity index is 0.000000675. The second-order valence-corrected chi connectivity index (χ2v) is 13.1. The van der Waals surface area contributed by atoms with Crippen LogP contribution in [0.3, 0.4) is 0 Å². The molecule has 0 bridgehead atoms. The van der Waals surface area contributed by atoms with E-state index in [4.69, 9.17) is 4.98 Å². The molecule has 1 aromatic heterocycles. The molecule has 1 unspecified atom stereocenters. The summed E-state index contributed by atoms with van der Waals surface area (Å²) in [6.07, 6.45) is 26.6. The quantitative estimate of drug-likeness (QED) is 0.299. The molecule has 3 nitrogen and oxygen atoms in total. The Morgan fingerprint density at radius 1 is 1.12 bits per heavy atom. The lowest BCUT2D eigenvalue weighted by molar-refractivity contribution is 0.416. The van der Waals surface area contributed by atoms with Crippen LogP contribution < -0.4 is 15.3 Å².